The molecule has 5 rings (SSSR count). The molecule has 0 aromatic heterocycles. The van der Waals surface area contributed by atoms with Crippen LogP contribution in [0, 0.1) is 17.6 Å². The minimum atomic E-state index is -0.938. The first kappa shape index (κ1) is 34.8. The molecule has 5 atom stereocenters. The summed E-state index contributed by atoms with van der Waals surface area (Å²) in [6.07, 6.45) is 6.74. The van der Waals surface area contributed by atoms with Gasteiger partial charge in [-0.2, -0.15) is 0 Å². The predicted molar refractivity (Wildman–Crippen MR) is 171 cm³/mol. The Morgan fingerprint density at radius 1 is 0.792 bits per heavy atom. The van der Waals surface area contributed by atoms with Crippen LogP contribution in [0.25, 0.3) is 0 Å². The first-order chi connectivity index (χ1) is 23.3. The Balaban J connectivity index is 1.12. The topological polar surface area (TPSA) is 102 Å². The van der Waals surface area contributed by atoms with Crippen LogP contribution in [0.3, 0.4) is 0 Å². The van der Waals surface area contributed by atoms with Crippen molar-refractivity contribution < 1.29 is 51.5 Å². The van der Waals surface area contributed by atoms with E-state index in [1.165, 1.54) is 54.8 Å². The van der Waals surface area contributed by atoms with E-state index in [9.17, 15) is 18.4 Å². The van der Waals surface area contributed by atoms with Crippen molar-refractivity contribution in [2.45, 2.75) is 83.6 Å². The maximum Gasteiger partial charge on any atom is 0.346 e. The van der Waals surface area contributed by atoms with Gasteiger partial charge in [-0.15, -0.1) is 0 Å². The SMILES string of the molecule is C=COC(CCC)Oc1ccc(C(=O)Oc2ccc(OC(=O)c3ccc(OC(CCC)OCC4CCC5OC5C4)cc3F)cc2)c(F)c1. The predicted octanol–water partition coefficient (Wildman–Crippen LogP) is 8.16. The van der Waals surface area contributed by atoms with Gasteiger partial charge in [0, 0.05) is 25.0 Å². The molecular formula is C37H40F2O9. The van der Waals surface area contributed by atoms with Crippen LogP contribution in [0.15, 0.2) is 73.5 Å². The molecule has 3 aromatic carbocycles. The normalized spacial score (nSPS) is 19.3. The van der Waals surface area contributed by atoms with Gasteiger partial charge in [-0.25, -0.2) is 18.4 Å². The lowest BCUT2D eigenvalue weighted by molar-refractivity contribution is -0.0981. The van der Waals surface area contributed by atoms with E-state index in [0.29, 0.717) is 37.6 Å². The van der Waals surface area contributed by atoms with Crippen LogP contribution in [0.5, 0.6) is 23.0 Å². The number of hydrogen-bond acceptors (Lipinski definition) is 9. The summed E-state index contributed by atoms with van der Waals surface area (Å²) >= 11 is 0. The summed E-state index contributed by atoms with van der Waals surface area (Å²) in [5.41, 5.74) is -0.590. The van der Waals surface area contributed by atoms with Gasteiger partial charge in [0.2, 0.25) is 6.29 Å². The first-order valence-corrected chi connectivity index (χ1v) is 16.3. The lowest BCUT2D eigenvalue weighted by atomic mass is 9.90. The molecule has 1 aliphatic carbocycles. The molecular weight excluding hydrogens is 626 g/mol. The monoisotopic (exact) mass is 666 g/mol. The van der Waals surface area contributed by atoms with Crippen molar-refractivity contribution in [2.24, 2.45) is 5.92 Å². The third-order valence-electron chi connectivity index (χ3n) is 8.03. The van der Waals surface area contributed by atoms with Gasteiger partial charge in [-0.3, -0.25) is 0 Å². The molecule has 48 heavy (non-hydrogen) atoms. The van der Waals surface area contributed by atoms with Crippen molar-refractivity contribution in [3.63, 3.8) is 0 Å². The number of rotatable bonds is 17. The van der Waals surface area contributed by atoms with Crippen molar-refractivity contribution in [1.82, 2.24) is 0 Å². The van der Waals surface area contributed by atoms with Crippen LogP contribution < -0.4 is 18.9 Å². The van der Waals surface area contributed by atoms with Gasteiger partial charge in [-0.1, -0.05) is 26.8 Å². The van der Waals surface area contributed by atoms with Gasteiger partial charge in [0.1, 0.15) is 34.6 Å². The second-order valence-corrected chi connectivity index (χ2v) is 11.7. The smallest absolute Gasteiger partial charge is 0.346 e. The molecule has 0 bridgehead atoms. The molecule has 0 spiro atoms. The number of epoxide rings is 1. The fraction of sp³-hybridized carbons (Fsp3) is 0.405. The quantitative estimate of drug-likeness (QED) is 0.0464. The highest BCUT2D eigenvalue weighted by Gasteiger charge is 2.43. The number of carbonyl (C=O) groups excluding carboxylic acids is 2. The summed E-state index contributed by atoms with van der Waals surface area (Å²) < 4.78 is 68.7. The highest BCUT2D eigenvalue weighted by atomic mass is 19.1. The van der Waals surface area contributed by atoms with Crippen LogP contribution in [0.4, 0.5) is 8.78 Å². The maximum absolute atomic E-state index is 15.0. The number of hydrogen-bond donors (Lipinski definition) is 0. The molecule has 1 heterocycles. The average Bonchev–Trinajstić information content (AvgIpc) is 3.84. The van der Waals surface area contributed by atoms with E-state index in [1.54, 1.807) is 0 Å². The molecule has 9 nitrogen and oxygen atoms in total. The Hall–Kier alpha value is -4.48. The molecule has 11 heteroatoms. The Bertz CT molecular complexity index is 1560. The van der Waals surface area contributed by atoms with E-state index in [-0.39, 0.29) is 34.1 Å². The molecule has 256 valence electrons. The minimum absolute atomic E-state index is 0.0759. The zero-order valence-corrected chi connectivity index (χ0v) is 27.0. The van der Waals surface area contributed by atoms with E-state index >= 15 is 0 Å². The van der Waals surface area contributed by atoms with Crippen molar-refractivity contribution >= 4 is 11.9 Å². The number of ether oxygens (including phenoxy) is 7. The molecule has 1 aliphatic heterocycles. The van der Waals surface area contributed by atoms with Gasteiger partial charge in [0.25, 0.3) is 0 Å². The molecule has 5 unspecified atom stereocenters. The zero-order chi connectivity index (χ0) is 34.0. The third kappa shape index (κ3) is 9.54. The summed E-state index contributed by atoms with van der Waals surface area (Å²) in [7, 11) is 0. The number of carbonyl (C=O) groups is 2. The second kappa shape index (κ2) is 16.6. The Kier molecular flexibility index (Phi) is 12.0. The Morgan fingerprint density at radius 2 is 1.31 bits per heavy atom. The summed E-state index contributed by atoms with van der Waals surface area (Å²) in [5, 5.41) is 0. The molecule has 0 amide bonds. The third-order valence-corrected chi connectivity index (χ3v) is 8.03. The molecule has 0 N–H and O–H groups in total. The lowest BCUT2D eigenvalue weighted by Crippen LogP contribution is -2.26. The van der Waals surface area contributed by atoms with Crippen LogP contribution in [0.2, 0.25) is 0 Å². The van der Waals surface area contributed by atoms with Gasteiger partial charge in [0.05, 0.1) is 36.2 Å². The number of esters is 2. The Morgan fingerprint density at radius 3 is 1.81 bits per heavy atom. The fourth-order valence-electron chi connectivity index (χ4n) is 5.46. The van der Waals surface area contributed by atoms with Crippen molar-refractivity contribution in [2.75, 3.05) is 6.61 Å². The number of halogens is 2. The van der Waals surface area contributed by atoms with Crippen molar-refractivity contribution in [3.05, 3.63) is 96.3 Å². The summed E-state index contributed by atoms with van der Waals surface area (Å²) in [6, 6.07) is 13.1. The van der Waals surface area contributed by atoms with Gasteiger partial charge in [-0.05, 0) is 80.1 Å². The largest absolute Gasteiger partial charge is 0.465 e. The number of fused-ring (bicyclic) bond motifs is 1. The highest BCUT2D eigenvalue weighted by Crippen LogP contribution is 2.39. The van der Waals surface area contributed by atoms with E-state index in [4.69, 9.17) is 33.2 Å². The summed E-state index contributed by atoms with van der Waals surface area (Å²) in [5.74, 6) is -2.52. The maximum atomic E-state index is 15.0. The minimum Gasteiger partial charge on any atom is -0.465 e. The number of benzene rings is 3. The van der Waals surface area contributed by atoms with Gasteiger partial charge < -0.3 is 33.2 Å². The van der Waals surface area contributed by atoms with E-state index in [0.717, 1.165) is 44.2 Å². The molecule has 3 aromatic rings. The standard InChI is InChI=1S/C37H40F2O9/c1-4-7-34(42-6-3)44-26-14-16-28(30(38)20-26)36(40)46-24-10-12-25(13-11-24)47-37(41)29-17-15-27(21-31(29)39)45-35(8-5-2)43-22-23-9-18-32-33(19-23)48-32/h6,10-17,20-21,23,32-35H,3-5,7-9,18-19,22H2,1-2H3. The highest BCUT2D eigenvalue weighted by molar-refractivity contribution is 5.92. The van der Waals surface area contributed by atoms with E-state index in [1.807, 2.05) is 13.8 Å². The van der Waals surface area contributed by atoms with E-state index in [2.05, 4.69) is 6.58 Å². The summed E-state index contributed by atoms with van der Waals surface area (Å²) in [4.78, 5) is 25.4. The molecule has 2 aliphatic rings. The second-order valence-electron chi connectivity index (χ2n) is 11.7. The van der Waals surface area contributed by atoms with Crippen LogP contribution in [-0.4, -0.2) is 43.3 Å². The van der Waals surface area contributed by atoms with Crippen molar-refractivity contribution in [3.8, 4) is 23.0 Å². The lowest BCUT2D eigenvalue weighted by Gasteiger charge is -2.24. The molecule has 0 radical (unpaired) electrons. The molecule has 1 saturated carbocycles. The van der Waals surface area contributed by atoms with Crippen molar-refractivity contribution in [1.29, 1.82) is 0 Å². The fourth-order valence-corrected chi connectivity index (χ4v) is 5.46. The zero-order valence-electron chi connectivity index (χ0n) is 27.0. The van der Waals surface area contributed by atoms with Crippen LogP contribution in [0.1, 0.15) is 79.5 Å². The van der Waals surface area contributed by atoms with E-state index < -0.39 is 36.2 Å². The molecule has 2 fully saturated rings. The first-order valence-electron chi connectivity index (χ1n) is 16.3. The summed E-state index contributed by atoms with van der Waals surface area (Å²) in [6.45, 7) is 8.01. The van der Waals surface area contributed by atoms with Crippen LogP contribution >= 0.6 is 0 Å². The molecule has 1 saturated heterocycles. The van der Waals surface area contributed by atoms with Crippen LogP contribution in [-0.2, 0) is 14.2 Å². The Labute approximate surface area is 278 Å². The average molecular weight is 667 g/mol. The van der Waals surface area contributed by atoms with Gasteiger partial charge in [0.15, 0.2) is 6.29 Å². The van der Waals surface area contributed by atoms with Gasteiger partial charge >= 0.3 is 11.9 Å².